The lowest BCUT2D eigenvalue weighted by Crippen LogP contribution is -1.96. The van der Waals surface area contributed by atoms with Gasteiger partial charge in [0.1, 0.15) is 0 Å². The lowest BCUT2D eigenvalue weighted by molar-refractivity contribution is -0.109. The zero-order chi connectivity index (χ0) is 13.8. The Labute approximate surface area is 113 Å². The Bertz CT molecular complexity index is 661. The van der Waals surface area contributed by atoms with Gasteiger partial charge in [-0.15, -0.1) is 0 Å². The maximum atomic E-state index is 11.0. The summed E-state index contributed by atoms with van der Waals surface area (Å²) in [5.74, 6) is -0.454. The number of aromatic carboxylic acids is 1. The third-order valence-corrected chi connectivity index (χ3v) is 3.25. The molecule has 19 heavy (non-hydrogen) atoms. The van der Waals surface area contributed by atoms with E-state index in [9.17, 15) is 9.59 Å². The molecule has 0 unspecified atom stereocenters. The lowest BCUT2D eigenvalue weighted by atomic mass is 10.1. The average Bonchev–Trinajstić information content (AvgIpc) is 2.77. The smallest absolute Gasteiger partial charge is 0.357 e. The maximum absolute atomic E-state index is 11.0. The van der Waals surface area contributed by atoms with Gasteiger partial charge in [0.15, 0.2) is 10.8 Å². The Balaban J connectivity index is 2.23. The summed E-state index contributed by atoms with van der Waals surface area (Å²) < 4.78 is 0. The third-order valence-electron chi connectivity index (χ3n) is 2.48. The van der Waals surface area contributed by atoms with E-state index in [1.807, 2.05) is 18.2 Å². The van der Waals surface area contributed by atoms with Crippen LogP contribution in [-0.4, -0.2) is 32.1 Å². The van der Waals surface area contributed by atoms with Crippen molar-refractivity contribution in [2.24, 2.45) is 0 Å². The van der Waals surface area contributed by atoms with Gasteiger partial charge in [-0.25, -0.2) is 4.79 Å². The first kappa shape index (κ1) is 13.4. The van der Waals surface area contributed by atoms with Gasteiger partial charge >= 0.3 is 5.97 Å². The number of H-pyrrole nitrogens is 1. The number of thioether (sulfide) groups is 1. The number of fused-ring (bicyclic) bond motifs is 1. The molecule has 0 saturated carbocycles. The number of carbonyl (C=O) groups excluding carboxylic acids is 1. The van der Waals surface area contributed by atoms with Crippen molar-refractivity contribution < 1.29 is 14.7 Å². The van der Waals surface area contributed by atoms with E-state index >= 15 is 0 Å². The topological polar surface area (TPSA) is 83.0 Å². The molecule has 0 spiro atoms. The normalized spacial score (nSPS) is 11.2. The summed E-state index contributed by atoms with van der Waals surface area (Å²) in [5, 5.41) is 16.1. The molecular weight excluding hydrogens is 264 g/mol. The second-order valence-electron chi connectivity index (χ2n) is 3.89. The van der Waals surface area contributed by atoms with Crippen molar-refractivity contribution in [1.82, 2.24) is 10.2 Å². The fourth-order valence-corrected chi connectivity index (χ4v) is 2.08. The van der Waals surface area contributed by atoms with Crippen LogP contribution in [0.5, 0.6) is 0 Å². The van der Waals surface area contributed by atoms with Crippen LogP contribution in [0.15, 0.2) is 24.3 Å². The van der Waals surface area contributed by atoms with Crippen molar-refractivity contribution >= 4 is 39.8 Å². The number of benzene rings is 1. The van der Waals surface area contributed by atoms with Gasteiger partial charge in [-0.1, -0.05) is 30.0 Å². The number of carboxylic acids is 1. The Hall–Kier alpha value is -2.08. The molecule has 2 N–H and O–H groups in total. The van der Waals surface area contributed by atoms with Crippen LogP contribution in [0.4, 0.5) is 0 Å². The SMILES string of the molecule is CC(=O)SCC=Cc1ccc2[nH]nc(C(=O)O)c2c1. The van der Waals surface area contributed by atoms with Crippen molar-refractivity contribution in [2.45, 2.75) is 6.92 Å². The summed E-state index contributed by atoms with van der Waals surface area (Å²) in [6.07, 6.45) is 3.72. The maximum Gasteiger partial charge on any atom is 0.357 e. The monoisotopic (exact) mass is 276 g/mol. The summed E-state index contributed by atoms with van der Waals surface area (Å²) in [6.45, 7) is 1.52. The van der Waals surface area contributed by atoms with Crippen molar-refractivity contribution in [3.63, 3.8) is 0 Å². The number of carboxylic acid groups (broad SMARTS) is 1. The van der Waals surface area contributed by atoms with Gasteiger partial charge in [0, 0.05) is 18.1 Å². The van der Waals surface area contributed by atoms with E-state index in [2.05, 4.69) is 10.2 Å². The highest BCUT2D eigenvalue weighted by molar-refractivity contribution is 8.13. The number of hydrogen-bond donors (Lipinski definition) is 2. The standard InChI is InChI=1S/C13H12N2O3S/c1-8(16)19-6-2-3-9-4-5-11-10(7-9)12(13(17)18)15-14-11/h2-5,7H,6H2,1H3,(H,14,15)(H,17,18). The summed E-state index contributed by atoms with van der Waals surface area (Å²) in [4.78, 5) is 21.7. The van der Waals surface area contributed by atoms with E-state index in [4.69, 9.17) is 5.11 Å². The summed E-state index contributed by atoms with van der Waals surface area (Å²) in [7, 11) is 0. The first-order valence-electron chi connectivity index (χ1n) is 5.59. The van der Waals surface area contributed by atoms with E-state index in [1.54, 1.807) is 12.1 Å². The number of nitrogens with zero attached hydrogens (tertiary/aromatic N) is 1. The largest absolute Gasteiger partial charge is 0.476 e. The fraction of sp³-hybridized carbons (Fsp3) is 0.154. The van der Waals surface area contributed by atoms with Gasteiger partial charge in [-0.2, -0.15) is 5.10 Å². The van der Waals surface area contributed by atoms with Crippen LogP contribution in [0.2, 0.25) is 0 Å². The molecule has 0 amide bonds. The predicted octanol–water partition coefficient (Wildman–Crippen LogP) is 2.55. The molecule has 2 aromatic rings. The minimum atomic E-state index is -1.06. The molecule has 5 nitrogen and oxygen atoms in total. The fourth-order valence-electron chi connectivity index (χ4n) is 1.65. The van der Waals surface area contributed by atoms with E-state index in [-0.39, 0.29) is 10.8 Å². The third kappa shape index (κ3) is 3.23. The highest BCUT2D eigenvalue weighted by atomic mass is 32.2. The van der Waals surface area contributed by atoms with Crippen molar-refractivity contribution in [3.05, 3.63) is 35.5 Å². The second kappa shape index (κ2) is 5.71. The molecule has 98 valence electrons. The summed E-state index contributed by atoms with van der Waals surface area (Å²) in [5.41, 5.74) is 1.58. The molecule has 0 bridgehead atoms. The van der Waals surface area contributed by atoms with Crippen LogP contribution in [0, 0.1) is 0 Å². The van der Waals surface area contributed by atoms with Crippen LogP contribution in [0.1, 0.15) is 23.0 Å². The summed E-state index contributed by atoms with van der Waals surface area (Å²) >= 11 is 1.23. The molecule has 0 atom stereocenters. The minimum absolute atomic E-state index is 0.0170. The molecule has 2 rings (SSSR count). The van der Waals surface area contributed by atoms with Crippen LogP contribution in [0.3, 0.4) is 0 Å². The highest BCUT2D eigenvalue weighted by Gasteiger charge is 2.12. The number of carbonyl (C=O) groups is 2. The number of hydrogen-bond acceptors (Lipinski definition) is 4. The Morgan fingerprint density at radius 1 is 1.47 bits per heavy atom. The average molecular weight is 276 g/mol. The molecule has 0 aliphatic heterocycles. The Kier molecular flexibility index (Phi) is 4.01. The predicted molar refractivity (Wildman–Crippen MR) is 75.2 cm³/mol. The first-order valence-corrected chi connectivity index (χ1v) is 6.58. The molecule has 1 heterocycles. The molecule has 0 aliphatic carbocycles. The van der Waals surface area contributed by atoms with E-state index in [1.165, 1.54) is 18.7 Å². The van der Waals surface area contributed by atoms with Crippen LogP contribution < -0.4 is 0 Å². The number of aromatic nitrogens is 2. The van der Waals surface area contributed by atoms with E-state index in [0.29, 0.717) is 16.7 Å². The van der Waals surface area contributed by atoms with Gasteiger partial charge in [-0.3, -0.25) is 9.89 Å². The van der Waals surface area contributed by atoms with Crippen molar-refractivity contribution in [2.75, 3.05) is 5.75 Å². The van der Waals surface area contributed by atoms with Crippen molar-refractivity contribution in [3.8, 4) is 0 Å². The molecule has 0 radical (unpaired) electrons. The molecule has 0 fully saturated rings. The Morgan fingerprint density at radius 3 is 2.95 bits per heavy atom. The van der Waals surface area contributed by atoms with Crippen molar-refractivity contribution in [1.29, 1.82) is 0 Å². The van der Waals surface area contributed by atoms with Crippen LogP contribution in [-0.2, 0) is 4.79 Å². The van der Waals surface area contributed by atoms with Gasteiger partial charge in [0.2, 0.25) is 0 Å². The highest BCUT2D eigenvalue weighted by Crippen LogP contribution is 2.18. The summed E-state index contributed by atoms with van der Waals surface area (Å²) in [6, 6.07) is 5.41. The van der Waals surface area contributed by atoms with Gasteiger partial charge in [0.05, 0.1) is 5.52 Å². The van der Waals surface area contributed by atoms with Gasteiger partial charge in [-0.05, 0) is 17.7 Å². The molecule has 0 aliphatic rings. The van der Waals surface area contributed by atoms with Gasteiger partial charge in [0.25, 0.3) is 0 Å². The second-order valence-corrected chi connectivity index (χ2v) is 5.08. The van der Waals surface area contributed by atoms with Crippen LogP contribution >= 0.6 is 11.8 Å². The molecule has 1 aromatic heterocycles. The van der Waals surface area contributed by atoms with E-state index < -0.39 is 5.97 Å². The minimum Gasteiger partial charge on any atom is -0.476 e. The molecular formula is C13H12N2O3S. The first-order chi connectivity index (χ1) is 9.08. The van der Waals surface area contributed by atoms with E-state index in [0.717, 1.165) is 5.56 Å². The number of rotatable bonds is 4. The van der Waals surface area contributed by atoms with Crippen LogP contribution in [0.25, 0.3) is 17.0 Å². The molecule has 6 heteroatoms. The Morgan fingerprint density at radius 2 is 2.26 bits per heavy atom. The molecule has 1 aromatic carbocycles. The lowest BCUT2D eigenvalue weighted by Gasteiger charge is -1.95. The quantitative estimate of drug-likeness (QED) is 0.896. The molecule has 0 saturated heterocycles. The zero-order valence-corrected chi connectivity index (χ0v) is 11.0. The number of aromatic amines is 1. The van der Waals surface area contributed by atoms with Gasteiger partial charge < -0.3 is 5.11 Å². The number of nitrogens with one attached hydrogen (secondary N) is 1. The zero-order valence-electron chi connectivity index (χ0n) is 10.2.